The maximum absolute atomic E-state index is 5.76. The maximum atomic E-state index is 5.76. The van der Waals surface area contributed by atoms with Gasteiger partial charge in [-0.3, -0.25) is 5.10 Å². The van der Waals surface area contributed by atoms with Gasteiger partial charge in [-0.25, -0.2) is 0 Å². The summed E-state index contributed by atoms with van der Waals surface area (Å²) in [4.78, 5) is 0. The molecule has 14 heavy (non-hydrogen) atoms. The van der Waals surface area contributed by atoms with E-state index in [1.165, 1.54) is 11.3 Å². The summed E-state index contributed by atoms with van der Waals surface area (Å²) in [6.45, 7) is 2.11. The molecule has 2 rings (SSSR count). The van der Waals surface area contributed by atoms with Crippen LogP contribution < -0.4 is 5.73 Å². The molecule has 0 spiro atoms. The first-order valence-electron chi connectivity index (χ1n) is 5.11. The Labute approximate surface area is 83.8 Å². The molecule has 0 amide bonds. The van der Waals surface area contributed by atoms with Crippen LogP contribution in [-0.2, 0) is 11.2 Å². The van der Waals surface area contributed by atoms with E-state index in [1.54, 1.807) is 7.11 Å². The van der Waals surface area contributed by atoms with Crippen LogP contribution in [0.1, 0.15) is 36.9 Å². The fourth-order valence-corrected chi connectivity index (χ4v) is 2.10. The third-order valence-electron chi connectivity index (χ3n) is 3.12. The zero-order valence-electron chi connectivity index (χ0n) is 8.71. The van der Waals surface area contributed by atoms with Crippen molar-refractivity contribution in [1.82, 2.24) is 10.2 Å². The molecule has 1 heterocycles. The fraction of sp³-hybridized carbons (Fsp3) is 0.700. The van der Waals surface area contributed by atoms with Crippen LogP contribution in [0.15, 0.2) is 0 Å². The predicted molar refractivity (Wildman–Crippen MR) is 55.2 cm³/mol. The van der Waals surface area contributed by atoms with Crippen LogP contribution in [0, 0.1) is 0 Å². The van der Waals surface area contributed by atoms with Gasteiger partial charge in [0.2, 0.25) is 0 Å². The number of aromatic nitrogens is 2. The van der Waals surface area contributed by atoms with Crippen molar-refractivity contribution in [1.29, 1.82) is 0 Å². The van der Waals surface area contributed by atoms with Crippen LogP contribution in [0.25, 0.3) is 0 Å². The van der Waals surface area contributed by atoms with E-state index >= 15 is 0 Å². The molecule has 1 aromatic rings. The number of H-pyrrole nitrogens is 1. The van der Waals surface area contributed by atoms with Crippen molar-refractivity contribution in [3.05, 3.63) is 11.3 Å². The van der Waals surface area contributed by atoms with E-state index in [9.17, 15) is 0 Å². The number of nitrogen functional groups attached to an aromatic ring is 1. The smallest absolute Gasteiger partial charge is 0.148 e. The van der Waals surface area contributed by atoms with Crippen molar-refractivity contribution in [3.8, 4) is 0 Å². The molecule has 0 atom stereocenters. The molecule has 0 aliphatic heterocycles. The molecule has 1 aromatic heterocycles. The standard InChI is InChI=1S/C10H17N3O/c1-3-8-9(12-13-10(8)11)6-4-7(5-6)14-2/h6-7H,3-5H2,1-2H3,(H3,11,12,13). The molecular formula is C10H17N3O. The van der Waals surface area contributed by atoms with E-state index in [-0.39, 0.29) is 0 Å². The Balaban J connectivity index is 2.10. The molecule has 0 aromatic carbocycles. The Morgan fingerprint density at radius 3 is 2.86 bits per heavy atom. The quantitative estimate of drug-likeness (QED) is 0.767. The minimum atomic E-state index is 0.425. The van der Waals surface area contributed by atoms with Gasteiger partial charge in [-0.15, -0.1) is 0 Å². The molecule has 1 aliphatic rings. The molecule has 78 valence electrons. The van der Waals surface area contributed by atoms with Gasteiger partial charge in [0.25, 0.3) is 0 Å². The molecule has 1 aliphatic carbocycles. The van der Waals surface area contributed by atoms with Crippen LogP contribution >= 0.6 is 0 Å². The van der Waals surface area contributed by atoms with E-state index in [0.29, 0.717) is 17.8 Å². The first-order valence-corrected chi connectivity index (χ1v) is 5.11. The number of nitrogens with one attached hydrogen (secondary N) is 1. The van der Waals surface area contributed by atoms with Gasteiger partial charge >= 0.3 is 0 Å². The highest BCUT2D eigenvalue weighted by Crippen LogP contribution is 2.39. The van der Waals surface area contributed by atoms with E-state index in [2.05, 4.69) is 17.1 Å². The van der Waals surface area contributed by atoms with Gasteiger partial charge in [0.15, 0.2) is 0 Å². The number of ether oxygens (including phenoxy) is 1. The van der Waals surface area contributed by atoms with Gasteiger partial charge in [-0.05, 0) is 19.3 Å². The molecular weight excluding hydrogens is 178 g/mol. The Morgan fingerprint density at radius 1 is 1.57 bits per heavy atom. The molecule has 4 heteroatoms. The SMILES string of the molecule is CCc1c(N)n[nH]c1C1CC(OC)C1. The van der Waals surface area contributed by atoms with Crippen LogP contribution in [0.5, 0.6) is 0 Å². The van der Waals surface area contributed by atoms with E-state index in [0.717, 1.165) is 19.3 Å². The summed E-state index contributed by atoms with van der Waals surface area (Å²) in [6.07, 6.45) is 3.55. The predicted octanol–water partition coefficient (Wildman–Crippen LogP) is 1.45. The van der Waals surface area contributed by atoms with Crippen molar-refractivity contribution in [2.45, 2.75) is 38.2 Å². The first-order chi connectivity index (χ1) is 6.76. The van der Waals surface area contributed by atoms with E-state index in [1.807, 2.05) is 0 Å². The zero-order valence-corrected chi connectivity index (χ0v) is 8.71. The number of rotatable bonds is 3. The van der Waals surface area contributed by atoms with Gasteiger partial charge in [0, 0.05) is 24.3 Å². The van der Waals surface area contributed by atoms with Gasteiger partial charge in [0.1, 0.15) is 5.82 Å². The molecule has 0 radical (unpaired) electrons. The third kappa shape index (κ3) is 1.39. The summed E-state index contributed by atoms with van der Waals surface area (Å²) in [6, 6.07) is 0. The first kappa shape index (κ1) is 9.52. The van der Waals surface area contributed by atoms with Crippen molar-refractivity contribution in [2.24, 2.45) is 0 Å². The molecule has 4 nitrogen and oxygen atoms in total. The second-order valence-corrected chi connectivity index (χ2v) is 3.88. The van der Waals surface area contributed by atoms with E-state index < -0.39 is 0 Å². The summed E-state index contributed by atoms with van der Waals surface area (Å²) in [7, 11) is 1.77. The Bertz CT molecular complexity index is 315. The molecule has 0 unspecified atom stereocenters. The summed E-state index contributed by atoms with van der Waals surface area (Å²) >= 11 is 0. The van der Waals surface area contributed by atoms with Crippen molar-refractivity contribution in [2.75, 3.05) is 12.8 Å². The molecule has 1 fully saturated rings. The number of hydrogen-bond acceptors (Lipinski definition) is 3. The van der Waals surface area contributed by atoms with Gasteiger partial charge in [0.05, 0.1) is 6.10 Å². The van der Waals surface area contributed by atoms with Crippen molar-refractivity contribution >= 4 is 5.82 Å². The number of anilines is 1. The van der Waals surface area contributed by atoms with Gasteiger partial charge in [-0.1, -0.05) is 6.92 Å². The number of nitrogens with two attached hydrogens (primary N) is 1. The second kappa shape index (κ2) is 3.61. The number of aromatic amines is 1. The lowest BCUT2D eigenvalue weighted by Crippen LogP contribution is -2.29. The summed E-state index contributed by atoms with van der Waals surface area (Å²) in [5.41, 5.74) is 8.17. The molecule has 3 N–H and O–H groups in total. The summed E-state index contributed by atoms with van der Waals surface area (Å²) in [5, 5.41) is 7.09. The number of nitrogens with zero attached hydrogens (tertiary/aromatic N) is 1. The van der Waals surface area contributed by atoms with Crippen molar-refractivity contribution in [3.63, 3.8) is 0 Å². The summed E-state index contributed by atoms with van der Waals surface area (Å²) < 4.78 is 5.25. The highest BCUT2D eigenvalue weighted by molar-refractivity contribution is 5.43. The van der Waals surface area contributed by atoms with Crippen molar-refractivity contribution < 1.29 is 4.74 Å². The van der Waals surface area contributed by atoms with Crippen LogP contribution in [-0.4, -0.2) is 23.4 Å². The lowest BCUT2D eigenvalue weighted by atomic mass is 9.78. The topological polar surface area (TPSA) is 63.9 Å². The monoisotopic (exact) mass is 195 g/mol. The average molecular weight is 195 g/mol. The Kier molecular flexibility index (Phi) is 2.46. The van der Waals surface area contributed by atoms with Gasteiger partial charge in [-0.2, -0.15) is 5.10 Å². The molecule has 0 bridgehead atoms. The minimum Gasteiger partial charge on any atom is -0.382 e. The van der Waals surface area contributed by atoms with Gasteiger partial charge < -0.3 is 10.5 Å². The maximum Gasteiger partial charge on any atom is 0.148 e. The average Bonchev–Trinajstić information content (AvgIpc) is 2.45. The van der Waals surface area contributed by atoms with Crippen LogP contribution in [0.4, 0.5) is 5.82 Å². The zero-order chi connectivity index (χ0) is 10.1. The lowest BCUT2D eigenvalue weighted by molar-refractivity contribution is 0.0245. The summed E-state index contributed by atoms with van der Waals surface area (Å²) in [5.74, 6) is 1.23. The van der Waals surface area contributed by atoms with Crippen LogP contribution in [0.3, 0.4) is 0 Å². The Hall–Kier alpha value is -1.03. The normalized spacial score (nSPS) is 26.1. The lowest BCUT2D eigenvalue weighted by Gasteiger charge is -2.33. The number of methoxy groups -OCH3 is 1. The highest BCUT2D eigenvalue weighted by atomic mass is 16.5. The highest BCUT2D eigenvalue weighted by Gasteiger charge is 2.33. The van der Waals surface area contributed by atoms with E-state index in [4.69, 9.17) is 10.5 Å². The molecule has 1 saturated carbocycles. The second-order valence-electron chi connectivity index (χ2n) is 3.88. The minimum absolute atomic E-state index is 0.425. The largest absolute Gasteiger partial charge is 0.382 e. The Morgan fingerprint density at radius 2 is 2.29 bits per heavy atom. The van der Waals surface area contributed by atoms with Crippen LogP contribution in [0.2, 0.25) is 0 Å². The molecule has 0 saturated heterocycles. The third-order valence-corrected chi connectivity index (χ3v) is 3.12. The fourth-order valence-electron chi connectivity index (χ4n) is 2.10. The number of hydrogen-bond donors (Lipinski definition) is 2.